The van der Waals surface area contributed by atoms with E-state index in [-0.39, 0.29) is 0 Å². The van der Waals surface area contributed by atoms with Crippen molar-refractivity contribution in [3.63, 3.8) is 0 Å². The molecule has 96 valence electrons. The summed E-state index contributed by atoms with van der Waals surface area (Å²) in [5, 5.41) is 11.4. The van der Waals surface area contributed by atoms with E-state index in [1.54, 1.807) is 6.20 Å². The number of H-pyrrole nitrogens is 1. The van der Waals surface area contributed by atoms with Crippen LogP contribution in [0.5, 0.6) is 0 Å². The van der Waals surface area contributed by atoms with Gasteiger partial charge in [0.15, 0.2) is 0 Å². The first-order valence-corrected chi connectivity index (χ1v) is 6.35. The lowest BCUT2D eigenvalue weighted by Crippen LogP contribution is -1.99. The molecular weight excluding hydrogens is 236 g/mol. The fraction of sp³-hybridized carbons (Fsp3) is 0.133. The molecule has 0 radical (unpaired) electrons. The summed E-state index contributed by atoms with van der Waals surface area (Å²) in [6.07, 6.45) is 2.75. The molecule has 0 aliphatic carbocycles. The van der Waals surface area contributed by atoms with Gasteiger partial charge in [-0.1, -0.05) is 25.1 Å². The Balaban J connectivity index is 2.02. The molecule has 1 heterocycles. The van der Waals surface area contributed by atoms with Crippen molar-refractivity contribution in [3.05, 3.63) is 48.2 Å². The van der Waals surface area contributed by atoms with Crippen LogP contribution in [0.2, 0.25) is 0 Å². The minimum Gasteiger partial charge on any atom is -0.397 e. The van der Waals surface area contributed by atoms with Crippen molar-refractivity contribution >= 4 is 28.0 Å². The molecule has 3 aromatic rings. The average molecular weight is 252 g/mol. The van der Waals surface area contributed by atoms with Crippen molar-refractivity contribution in [2.24, 2.45) is 0 Å². The molecule has 0 unspecified atom stereocenters. The molecule has 0 bridgehead atoms. The maximum absolute atomic E-state index is 6.08. The number of anilines is 3. The average Bonchev–Trinajstić information content (AvgIpc) is 2.87. The highest BCUT2D eigenvalue weighted by atomic mass is 15.1. The van der Waals surface area contributed by atoms with Gasteiger partial charge < -0.3 is 11.1 Å². The Morgan fingerprint density at radius 1 is 1.21 bits per heavy atom. The normalized spacial score (nSPS) is 10.8. The molecule has 2 aromatic carbocycles. The SMILES string of the molecule is CCc1ccccc1Nc1cc2[nH]ncc2cc1N. The fourth-order valence-electron chi connectivity index (χ4n) is 2.21. The van der Waals surface area contributed by atoms with Gasteiger partial charge >= 0.3 is 0 Å². The van der Waals surface area contributed by atoms with Crippen molar-refractivity contribution in [1.29, 1.82) is 0 Å². The van der Waals surface area contributed by atoms with E-state index in [1.807, 2.05) is 24.3 Å². The summed E-state index contributed by atoms with van der Waals surface area (Å²) in [7, 11) is 0. The van der Waals surface area contributed by atoms with Gasteiger partial charge in [0.1, 0.15) is 0 Å². The number of para-hydroxylation sites is 1. The lowest BCUT2D eigenvalue weighted by atomic mass is 10.1. The number of hydrogen-bond donors (Lipinski definition) is 3. The monoisotopic (exact) mass is 252 g/mol. The summed E-state index contributed by atoms with van der Waals surface area (Å²) in [6.45, 7) is 2.14. The van der Waals surface area contributed by atoms with Crippen LogP contribution in [0.25, 0.3) is 10.9 Å². The highest BCUT2D eigenvalue weighted by Gasteiger charge is 2.06. The van der Waals surface area contributed by atoms with Gasteiger partial charge in [-0.15, -0.1) is 0 Å². The zero-order chi connectivity index (χ0) is 13.2. The number of nitrogens with zero attached hydrogens (tertiary/aromatic N) is 1. The number of benzene rings is 2. The second-order valence-electron chi connectivity index (χ2n) is 4.53. The number of aromatic nitrogens is 2. The van der Waals surface area contributed by atoms with E-state index < -0.39 is 0 Å². The van der Waals surface area contributed by atoms with Crippen molar-refractivity contribution in [2.75, 3.05) is 11.1 Å². The molecule has 19 heavy (non-hydrogen) atoms. The van der Waals surface area contributed by atoms with Gasteiger partial charge in [-0.05, 0) is 30.2 Å². The molecule has 0 spiro atoms. The third-order valence-electron chi connectivity index (χ3n) is 3.28. The zero-order valence-corrected chi connectivity index (χ0v) is 10.8. The van der Waals surface area contributed by atoms with Crippen LogP contribution in [0.15, 0.2) is 42.6 Å². The number of fused-ring (bicyclic) bond motifs is 1. The fourth-order valence-corrected chi connectivity index (χ4v) is 2.21. The molecule has 4 nitrogen and oxygen atoms in total. The van der Waals surface area contributed by atoms with Gasteiger partial charge in [0, 0.05) is 11.1 Å². The van der Waals surface area contributed by atoms with Gasteiger partial charge in [-0.25, -0.2) is 0 Å². The van der Waals surface area contributed by atoms with E-state index in [4.69, 9.17) is 5.73 Å². The van der Waals surface area contributed by atoms with Crippen molar-refractivity contribution in [2.45, 2.75) is 13.3 Å². The number of nitrogens with two attached hydrogens (primary N) is 1. The van der Waals surface area contributed by atoms with Crippen molar-refractivity contribution in [3.8, 4) is 0 Å². The minimum absolute atomic E-state index is 0.722. The van der Waals surface area contributed by atoms with E-state index in [2.05, 4.69) is 34.6 Å². The zero-order valence-electron chi connectivity index (χ0n) is 10.8. The maximum atomic E-state index is 6.08. The molecule has 4 heteroatoms. The first-order chi connectivity index (χ1) is 9.28. The van der Waals surface area contributed by atoms with Crippen LogP contribution < -0.4 is 11.1 Å². The van der Waals surface area contributed by atoms with Gasteiger partial charge in [-0.2, -0.15) is 5.10 Å². The molecule has 0 aliphatic heterocycles. The lowest BCUT2D eigenvalue weighted by Gasteiger charge is -2.12. The maximum Gasteiger partial charge on any atom is 0.0672 e. The number of rotatable bonds is 3. The number of aryl methyl sites for hydroxylation is 1. The summed E-state index contributed by atoms with van der Waals surface area (Å²) >= 11 is 0. The molecular formula is C15H16N4. The van der Waals surface area contributed by atoms with E-state index in [0.717, 1.165) is 34.4 Å². The predicted molar refractivity (Wildman–Crippen MR) is 79.6 cm³/mol. The third-order valence-corrected chi connectivity index (χ3v) is 3.28. The number of nitrogen functional groups attached to an aromatic ring is 1. The standard InChI is InChI=1S/C15H16N4/c1-2-10-5-3-4-6-13(10)18-15-8-14-11(7-12(15)16)9-17-19-14/h3-9,18H,2,16H2,1H3,(H,17,19). The Hall–Kier alpha value is -2.49. The number of hydrogen-bond acceptors (Lipinski definition) is 3. The Labute approximate surface area is 111 Å². The predicted octanol–water partition coefficient (Wildman–Crippen LogP) is 3.45. The molecule has 4 N–H and O–H groups in total. The lowest BCUT2D eigenvalue weighted by molar-refractivity contribution is 1.12. The van der Waals surface area contributed by atoms with Crippen LogP contribution >= 0.6 is 0 Å². The summed E-state index contributed by atoms with van der Waals surface area (Å²) < 4.78 is 0. The van der Waals surface area contributed by atoms with Crippen LogP contribution in [0.4, 0.5) is 17.1 Å². The Morgan fingerprint density at radius 2 is 2.05 bits per heavy atom. The van der Waals surface area contributed by atoms with Gasteiger partial charge in [-0.3, -0.25) is 5.10 Å². The van der Waals surface area contributed by atoms with E-state index in [0.29, 0.717) is 0 Å². The molecule has 0 aliphatic rings. The number of aromatic amines is 1. The van der Waals surface area contributed by atoms with Gasteiger partial charge in [0.05, 0.1) is 23.1 Å². The topological polar surface area (TPSA) is 66.7 Å². The van der Waals surface area contributed by atoms with Crippen LogP contribution in [-0.4, -0.2) is 10.2 Å². The molecule has 0 saturated heterocycles. The smallest absolute Gasteiger partial charge is 0.0672 e. The highest BCUT2D eigenvalue weighted by molar-refractivity contribution is 5.90. The van der Waals surface area contributed by atoms with Crippen LogP contribution in [0, 0.1) is 0 Å². The van der Waals surface area contributed by atoms with Gasteiger partial charge in [0.25, 0.3) is 0 Å². The van der Waals surface area contributed by atoms with E-state index >= 15 is 0 Å². The Kier molecular flexibility index (Phi) is 2.83. The molecule has 3 rings (SSSR count). The van der Waals surface area contributed by atoms with Crippen LogP contribution in [0.1, 0.15) is 12.5 Å². The molecule has 0 atom stereocenters. The highest BCUT2D eigenvalue weighted by Crippen LogP contribution is 2.29. The summed E-state index contributed by atoms with van der Waals surface area (Å²) in [4.78, 5) is 0. The second kappa shape index (κ2) is 4.65. The second-order valence-corrected chi connectivity index (χ2v) is 4.53. The molecule has 1 aromatic heterocycles. The summed E-state index contributed by atoms with van der Waals surface area (Å²) in [5.74, 6) is 0. The molecule has 0 amide bonds. The van der Waals surface area contributed by atoms with Crippen molar-refractivity contribution < 1.29 is 0 Å². The van der Waals surface area contributed by atoms with E-state index in [9.17, 15) is 0 Å². The van der Waals surface area contributed by atoms with E-state index in [1.165, 1.54) is 5.56 Å². The Morgan fingerprint density at radius 3 is 2.89 bits per heavy atom. The van der Waals surface area contributed by atoms with Gasteiger partial charge in [0.2, 0.25) is 0 Å². The third kappa shape index (κ3) is 2.12. The number of nitrogens with one attached hydrogen (secondary N) is 2. The van der Waals surface area contributed by atoms with Crippen LogP contribution in [0.3, 0.4) is 0 Å². The summed E-state index contributed by atoms with van der Waals surface area (Å²) in [5.41, 5.74) is 11.0. The first-order valence-electron chi connectivity index (χ1n) is 6.35. The summed E-state index contributed by atoms with van der Waals surface area (Å²) in [6, 6.07) is 12.2. The first kappa shape index (κ1) is 11.6. The minimum atomic E-state index is 0.722. The molecule has 0 saturated carbocycles. The van der Waals surface area contributed by atoms with Crippen molar-refractivity contribution in [1.82, 2.24) is 10.2 Å². The van der Waals surface area contributed by atoms with Crippen LogP contribution in [-0.2, 0) is 6.42 Å². The quantitative estimate of drug-likeness (QED) is 0.625. The molecule has 0 fully saturated rings. The largest absolute Gasteiger partial charge is 0.397 e. The Bertz CT molecular complexity index is 715.